The number of esters is 1. The molecule has 0 saturated carbocycles. The van der Waals surface area contributed by atoms with Gasteiger partial charge in [0.15, 0.2) is 0 Å². The van der Waals surface area contributed by atoms with Gasteiger partial charge in [-0.1, -0.05) is 18.6 Å². The Balaban J connectivity index is 1.59. The highest BCUT2D eigenvalue weighted by Crippen LogP contribution is 2.31. The van der Waals surface area contributed by atoms with Crippen LogP contribution in [0.2, 0.25) is 0 Å². The summed E-state index contributed by atoms with van der Waals surface area (Å²) >= 11 is 0. The molecule has 3 nitrogen and oxygen atoms in total. The van der Waals surface area contributed by atoms with Gasteiger partial charge in [0.1, 0.15) is 5.82 Å². The van der Waals surface area contributed by atoms with Crippen molar-refractivity contribution in [1.29, 1.82) is 0 Å². The average Bonchev–Trinajstić information content (AvgIpc) is 2.53. The van der Waals surface area contributed by atoms with Crippen molar-refractivity contribution in [2.45, 2.75) is 38.1 Å². The number of carbonyl (C=O) groups excluding carboxylic acids is 1. The SMILES string of the molecule is O=C(OC[C@@H]1CCCN2CCCC[C@H]12)c1ccccc1F. The van der Waals surface area contributed by atoms with Crippen LogP contribution < -0.4 is 0 Å². The first-order valence-electron chi connectivity index (χ1n) is 7.91. The van der Waals surface area contributed by atoms with E-state index in [1.807, 2.05) is 0 Å². The number of hydrogen-bond donors (Lipinski definition) is 0. The van der Waals surface area contributed by atoms with Gasteiger partial charge >= 0.3 is 5.97 Å². The Morgan fingerprint density at radius 1 is 1.19 bits per heavy atom. The first kappa shape index (κ1) is 14.5. The number of ether oxygens (including phenoxy) is 1. The van der Waals surface area contributed by atoms with E-state index in [-0.39, 0.29) is 5.56 Å². The van der Waals surface area contributed by atoms with Gasteiger partial charge in [0, 0.05) is 12.0 Å². The number of nitrogens with zero attached hydrogens (tertiary/aromatic N) is 1. The van der Waals surface area contributed by atoms with Crippen LogP contribution in [-0.4, -0.2) is 36.6 Å². The highest BCUT2D eigenvalue weighted by Gasteiger charge is 2.33. The molecule has 0 radical (unpaired) electrons. The van der Waals surface area contributed by atoms with E-state index < -0.39 is 11.8 Å². The maximum Gasteiger partial charge on any atom is 0.341 e. The minimum atomic E-state index is -0.541. The van der Waals surface area contributed by atoms with Gasteiger partial charge in [0.05, 0.1) is 12.2 Å². The Bertz CT molecular complexity index is 503. The highest BCUT2D eigenvalue weighted by molar-refractivity contribution is 5.89. The molecule has 0 bridgehead atoms. The predicted molar refractivity (Wildman–Crippen MR) is 78.6 cm³/mol. The maximum absolute atomic E-state index is 13.6. The Hall–Kier alpha value is -1.42. The minimum Gasteiger partial charge on any atom is -0.462 e. The first-order chi connectivity index (χ1) is 10.3. The summed E-state index contributed by atoms with van der Waals surface area (Å²) in [6, 6.07) is 6.54. The molecule has 2 atom stereocenters. The quantitative estimate of drug-likeness (QED) is 0.801. The van der Waals surface area contributed by atoms with Crippen molar-refractivity contribution in [2.75, 3.05) is 19.7 Å². The second kappa shape index (κ2) is 6.56. The first-order valence-corrected chi connectivity index (χ1v) is 7.91. The topological polar surface area (TPSA) is 29.5 Å². The fraction of sp³-hybridized carbons (Fsp3) is 0.588. The molecule has 0 unspecified atom stereocenters. The van der Waals surface area contributed by atoms with Crippen molar-refractivity contribution >= 4 is 5.97 Å². The molecule has 0 N–H and O–H groups in total. The molecule has 2 heterocycles. The van der Waals surface area contributed by atoms with Crippen molar-refractivity contribution in [2.24, 2.45) is 5.92 Å². The van der Waals surface area contributed by atoms with Gasteiger partial charge in [0.2, 0.25) is 0 Å². The summed E-state index contributed by atoms with van der Waals surface area (Å²) in [5, 5.41) is 0. The molecule has 3 rings (SSSR count). The molecular weight excluding hydrogens is 269 g/mol. The molecule has 4 heteroatoms. The monoisotopic (exact) mass is 291 g/mol. The number of carbonyl (C=O) groups is 1. The van der Waals surface area contributed by atoms with E-state index in [2.05, 4.69) is 4.90 Å². The van der Waals surface area contributed by atoms with Crippen molar-refractivity contribution < 1.29 is 13.9 Å². The Labute approximate surface area is 125 Å². The third-order valence-electron chi connectivity index (χ3n) is 4.75. The molecule has 1 aromatic carbocycles. The van der Waals surface area contributed by atoms with Crippen LogP contribution in [0, 0.1) is 11.7 Å². The lowest BCUT2D eigenvalue weighted by atomic mass is 9.84. The number of piperidine rings is 2. The lowest BCUT2D eigenvalue weighted by Gasteiger charge is -2.44. The van der Waals surface area contributed by atoms with Crippen LogP contribution in [0.25, 0.3) is 0 Å². The van der Waals surface area contributed by atoms with Gasteiger partial charge in [-0.05, 0) is 50.9 Å². The summed E-state index contributed by atoms with van der Waals surface area (Å²) in [5.41, 5.74) is 0.0359. The highest BCUT2D eigenvalue weighted by atomic mass is 19.1. The number of halogens is 1. The fourth-order valence-corrected chi connectivity index (χ4v) is 3.66. The fourth-order valence-electron chi connectivity index (χ4n) is 3.66. The largest absolute Gasteiger partial charge is 0.462 e. The summed E-state index contributed by atoms with van der Waals surface area (Å²) in [4.78, 5) is 14.5. The van der Waals surface area contributed by atoms with Gasteiger partial charge in [0.25, 0.3) is 0 Å². The van der Waals surface area contributed by atoms with Crippen molar-refractivity contribution in [3.05, 3.63) is 35.6 Å². The molecule has 0 aromatic heterocycles. The van der Waals surface area contributed by atoms with Gasteiger partial charge in [-0.3, -0.25) is 4.90 Å². The smallest absolute Gasteiger partial charge is 0.341 e. The molecule has 0 spiro atoms. The summed E-state index contributed by atoms with van der Waals surface area (Å²) in [6.45, 7) is 2.75. The van der Waals surface area contributed by atoms with Gasteiger partial charge < -0.3 is 4.74 Å². The summed E-state index contributed by atoms with van der Waals surface area (Å²) < 4.78 is 19.0. The van der Waals surface area contributed by atoms with E-state index in [1.54, 1.807) is 12.1 Å². The molecule has 0 amide bonds. The van der Waals surface area contributed by atoms with Crippen LogP contribution >= 0.6 is 0 Å². The van der Waals surface area contributed by atoms with E-state index in [4.69, 9.17) is 4.74 Å². The standard InChI is InChI=1S/C17H22FNO2/c18-15-8-2-1-7-14(15)17(20)21-12-13-6-5-11-19-10-4-3-9-16(13)19/h1-2,7-8,13,16H,3-6,9-12H2/t13-,16+/m0/s1. The summed E-state index contributed by atoms with van der Waals surface area (Å²) in [7, 11) is 0. The predicted octanol–water partition coefficient (Wildman–Crippen LogP) is 3.25. The van der Waals surface area contributed by atoms with Crippen molar-refractivity contribution in [3.63, 3.8) is 0 Å². The number of benzene rings is 1. The van der Waals surface area contributed by atoms with Crippen LogP contribution in [-0.2, 0) is 4.74 Å². The van der Waals surface area contributed by atoms with Crippen molar-refractivity contribution in [1.82, 2.24) is 4.90 Å². The van der Waals surface area contributed by atoms with E-state index >= 15 is 0 Å². The van der Waals surface area contributed by atoms with Gasteiger partial charge in [-0.25, -0.2) is 9.18 Å². The molecule has 1 aromatic rings. The summed E-state index contributed by atoms with van der Waals surface area (Å²) in [6.07, 6.45) is 6.00. The molecule has 0 aliphatic carbocycles. The molecule has 2 aliphatic rings. The molecule has 2 fully saturated rings. The van der Waals surface area contributed by atoms with E-state index in [1.165, 1.54) is 50.9 Å². The summed E-state index contributed by atoms with van der Waals surface area (Å²) in [5.74, 6) is -0.652. The zero-order valence-corrected chi connectivity index (χ0v) is 12.3. The van der Waals surface area contributed by atoms with Gasteiger partial charge in [-0.2, -0.15) is 0 Å². The van der Waals surface area contributed by atoms with E-state index in [0.29, 0.717) is 18.6 Å². The average molecular weight is 291 g/mol. The molecule has 21 heavy (non-hydrogen) atoms. The Kier molecular flexibility index (Phi) is 4.54. The third-order valence-corrected chi connectivity index (χ3v) is 4.75. The number of fused-ring (bicyclic) bond motifs is 1. The van der Waals surface area contributed by atoms with E-state index in [9.17, 15) is 9.18 Å². The van der Waals surface area contributed by atoms with E-state index in [0.717, 1.165) is 6.42 Å². The second-order valence-corrected chi connectivity index (χ2v) is 6.08. The minimum absolute atomic E-state index is 0.0359. The molecule has 2 saturated heterocycles. The van der Waals surface area contributed by atoms with Crippen LogP contribution in [0.3, 0.4) is 0 Å². The van der Waals surface area contributed by atoms with Crippen LogP contribution in [0.1, 0.15) is 42.5 Å². The van der Waals surface area contributed by atoms with Crippen molar-refractivity contribution in [3.8, 4) is 0 Å². The Morgan fingerprint density at radius 3 is 2.86 bits per heavy atom. The number of rotatable bonds is 3. The van der Waals surface area contributed by atoms with Crippen LogP contribution in [0.5, 0.6) is 0 Å². The molecular formula is C17H22FNO2. The molecule has 2 aliphatic heterocycles. The van der Waals surface area contributed by atoms with Gasteiger partial charge in [-0.15, -0.1) is 0 Å². The normalized spacial score (nSPS) is 26.1. The zero-order valence-electron chi connectivity index (χ0n) is 12.3. The Morgan fingerprint density at radius 2 is 2.00 bits per heavy atom. The zero-order chi connectivity index (χ0) is 14.7. The molecule has 114 valence electrons. The van der Waals surface area contributed by atoms with Crippen LogP contribution in [0.15, 0.2) is 24.3 Å². The maximum atomic E-state index is 13.6. The van der Waals surface area contributed by atoms with Crippen LogP contribution in [0.4, 0.5) is 4.39 Å². The number of hydrogen-bond acceptors (Lipinski definition) is 3. The second-order valence-electron chi connectivity index (χ2n) is 6.08. The third kappa shape index (κ3) is 3.26. The lowest BCUT2D eigenvalue weighted by Crippen LogP contribution is -2.49. The lowest BCUT2D eigenvalue weighted by molar-refractivity contribution is 0.00712.